The number of carbonyl (C=O) groups is 1. The molecule has 4 nitrogen and oxygen atoms in total. The van der Waals surface area contributed by atoms with Gasteiger partial charge in [-0.15, -0.1) is 0 Å². The molecule has 0 spiro atoms. The van der Waals surface area contributed by atoms with Crippen LogP contribution >= 0.6 is 34.8 Å². The van der Waals surface area contributed by atoms with Crippen molar-refractivity contribution in [3.8, 4) is 0 Å². The molecule has 1 rings (SSSR count). The predicted molar refractivity (Wildman–Crippen MR) is 64.5 cm³/mol. The van der Waals surface area contributed by atoms with Gasteiger partial charge in [0.15, 0.2) is 6.17 Å². The third kappa shape index (κ3) is 3.54. The highest BCUT2D eigenvalue weighted by Crippen LogP contribution is 2.36. The van der Waals surface area contributed by atoms with Crippen LogP contribution < -0.4 is 5.32 Å². The van der Waals surface area contributed by atoms with Crippen LogP contribution in [0.3, 0.4) is 0 Å². The van der Waals surface area contributed by atoms with Crippen LogP contribution in [-0.2, 0) is 4.79 Å². The standard InChI is InChI=1S/C9H12Cl3N3O/c1-6(2)7(16)14-8(9(10,11)12)15-4-3-13-5-15/h3-6,8H,1-2H3,(H,14,16)/t8-/m1/s1. The van der Waals surface area contributed by atoms with Crippen LogP contribution in [0.1, 0.15) is 20.0 Å². The molecule has 1 N–H and O–H groups in total. The van der Waals surface area contributed by atoms with Gasteiger partial charge in [0.2, 0.25) is 9.70 Å². The lowest BCUT2D eigenvalue weighted by atomic mass is 10.2. The summed E-state index contributed by atoms with van der Waals surface area (Å²) in [6.07, 6.45) is 3.88. The first-order valence-corrected chi connectivity index (χ1v) is 5.80. The van der Waals surface area contributed by atoms with E-state index in [1.807, 2.05) is 0 Å². The zero-order valence-corrected chi connectivity index (χ0v) is 11.1. The van der Waals surface area contributed by atoms with Gasteiger partial charge in [-0.25, -0.2) is 4.98 Å². The molecule has 0 aliphatic heterocycles. The molecule has 0 bridgehead atoms. The maximum absolute atomic E-state index is 11.6. The molecule has 0 saturated heterocycles. The van der Waals surface area contributed by atoms with Crippen molar-refractivity contribution in [2.75, 3.05) is 0 Å². The highest BCUT2D eigenvalue weighted by atomic mass is 35.6. The molecule has 16 heavy (non-hydrogen) atoms. The molecule has 90 valence electrons. The van der Waals surface area contributed by atoms with Gasteiger partial charge in [-0.05, 0) is 0 Å². The second kappa shape index (κ2) is 5.25. The Morgan fingerprint density at radius 2 is 2.06 bits per heavy atom. The molecule has 0 aromatic carbocycles. The van der Waals surface area contributed by atoms with Gasteiger partial charge in [-0.1, -0.05) is 48.7 Å². The molecule has 7 heteroatoms. The minimum Gasteiger partial charge on any atom is -0.332 e. The normalized spacial score (nSPS) is 13.9. The second-order valence-electron chi connectivity index (χ2n) is 3.62. The van der Waals surface area contributed by atoms with Crippen LogP contribution in [0.5, 0.6) is 0 Å². The molecule has 1 aromatic heterocycles. The maximum Gasteiger partial charge on any atom is 0.229 e. The molecule has 0 saturated carbocycles. The summed E-state index contributed by atoms with van der Waals surface area (Å²) in [6, 6.07) is 0. The smallest absolute Gasteiger partial charge is 0.229 e. The van der Waals surface area contributed by atoms with Gasteiger partial charge < -0.3 is 9.88 Å². The number of alkyl halides is 3. The van der Waals surface area contributed by atoms with E-state index in [9.17, 15) is 4.79 Å². The van der Waals surface area contributed by atoms with Crippen molar-refractivity contribution in [2.45, 2.75) is 23.8 Å². The lowest BCUT2D eigenvalue weighted by Gasteiger charge is -2.27. The van der Waals surface area contributed by atoms with E-state index in [2.05, 4.69) is 10.3 Å². The number of aromatic nitrogens is 2. The quantitative estimate of drug-likeness (QED) is 0.867. The number of imidazole rings is 1. The van der Waals surface area contributed by atoms with Crippen molar-refractivity contribution in [2.24, 2.45) is 5.92 Å². The summed E-state index contributed by atoms with van der Waals surface area (Å²) in [5.41, 5.74) is 0. The molecule has 0 unspecified atom stereocenters. The van der Waals surface area contributed by atoms with Crippen molar-refractivity contribution in [3.63, 3.8) is 0 Å². The van der Waals surface area contributed by atoms with Crippen LogP contribution in [0, 0.1) is 5.92 Å². The van der Waals surface area contributed by atoms with Crippen LogP contribution in [0.4, 0.5) is 0 Å². The van der Waals surface area contributed by atoms with Crippen LogP contribution in [0.25, 0.3) is 0 Å². The Hall–Kier alpha value is -0.450. The summed E-state index contributed by atoms with van der Waals surface area (Å²) in [7, 11) is 0. The summed E-state index contributed by atoms with van der Waals surface area (Å²) < 4.78 is -0.0987. The second-order valence-corrected chi connectivity index (χ2v) is 5.99. The Balaban J connectivity index is 2.86. The van der Waals surface area contributed by atoms with Crippen molar-refractivity contribution in [1.29, 1.82) is 0 Å². The Morgan fingerprint density at radius 1 is 1.44 bits per heavy atom. The minimum absolute atomic E-state index is 0.182. The Labute approximate surface area is 109 Å². The average Bonchev–Trinajstić information content (AvgIpc) is 2.63. The number of carbonyl (C=O) groups excluding carboxylic acids is 1. The number of amides is 1. The van der Waals surface area contributed by atoms with E-state index in [-0.39, 0.29) is 11.8 Å². The summed E-state index contributed by atoms with van der Waals surface area (Å²) in [4.78, 5) is 15.4. The van der Waals surface area contributed by atoms with E-state index in [0.717, 1.165) is 0 Å². The van der Waals surface area contributed by atoms with Crippen molar-refractivity contribution in [1.82, 2.24) is 14.9 Å². The first-order chi connectivity index (χ1) is 7.32. The largest absolute Gasteiger partial charge is 0.332 e. The number of nitrogens with one attached hydrogen (secondary N) is 1. The highest BCUT2D eigenvalue weighted by molar-refractivity contribution is 6.67. The van der Waals surface area contributed by atoms with Gasteiger partial charge in [0.1, 0.15) is 0 Å². The number of hydrogen-bond donors (Lipinski definition) is 1. The Bertz CT molecular complexity index is 345. The Morgan fingerprint density at radius 3 is 2.44 bits per heavy atom. The van der Waals surface area contributed by atoms with Crippen molar-refractivity contribution >= 4 is 40.7 Å². The van der Waals surface area contributed by atoms with E-state index < -0.39 is 9.96 Å². The lowest BCUT2D eigenvalue weighted by Crippen LogP contribution is -2.41. The van der Waals surface area contributed by atoms with Gasteiger partial charge in [0, 0.05) is 18.3 Å². The van der Waals surface area contributed by atoms with Crippen LogP contribution in [-0.4, -0.2) is 19.3 Å². The fraction of sp³-hybridized carbons (Fsp3) is 0.556. The summed E-state index contributed by atoms with van der Waals surface area (Å²) in [5.74, 6) is -0.372. The third-order valence-electron chi connectivity index (χ3n) is 1.94. The van der Waals surface area contributed by atoms with Crippen LogP contribution in [0.2, 0.25) is 0 Å². The molecule has 1 atom stereocenters. The molecule has 1 aromatic rings. The van der Waals surface area contributed by atoms with Crippen LogP contribution in [0.15, 0.2) is 18.7 Å². The molecule has 0 aliphatic carbocycles. The highest BCUT2D eigenvalue weighted by Gasteiger charge is 2.35. The van der Waals surface area contributed by atoms with E-state index in [1.54, 1.807) is 26.2 Å². The number of hydrogen-bond acceptors (Lipinski definition) is 2. The zero-order chi connectivity index (χ0) is 12.3. The third-order valence-corrected chi connectivity index (χ3v) is 2.56. The monoisotopic (exact) mass is 283 g/mol. The van der Waals surface area contributed by atoms with Gasteiger partial charge in [0.25, 0.3) is 0 Å². The number of nitrogens with zero attached hydrogens (tertiary/aromatic N) is 2. The van der Waals surface area contributed by atoms with Crippen molar-refractivity contribution < 1.29 is 4.79 Å². The molecule has 0 radical (unpaired) electrons. The minimum atomic E-state index is -1.63. The lowest BCUT2D eigenvalue weighted by molar-refractivity contribution is -0.125. The fourth-order valence-corrected chi connectivity index (χ4v) is 1.55. The topological polar surface area (TPSA) is 46.9 Å². The van der Waals surface area contributed by atoms with Gasteiger partial charge >= 0.3 is 0 Å². The number of rotatable bonds is 3. The van der Waals surface area contributed by atoms with E-state index in [1.165, 1.54) is 10.9 Å². The van der Waals surface area contributed by atoms with Gasteiger partial charge in [-0.3, -0.25) is 4.79 Å². The van der Waals surface area contributed by atoms with Crippen molar-refractivity contribution in [3.05, 3.63) is 18.7 Å². The molecular formula is C9H12Cl3N3O. The molecule has 0 fully saturated rings. The molecule has 1 heterocycles. The first-order valence-electron chi connectivity index (χ1n) is 4.67. The predicted octanol–water partition coefficient (Wildman–Crippen LogP) is 2.52. The van der Waals surface area contributed by atoms with E-state index in [0.29, 0.717) is 0 Å². The molecule has 1 amide bonds. The SMILES string of the molecule is CC(C)C(=O)N[C@H](n1ccnc1)C(Cl)(Cl)Cl. The summed E-state index contributed by atoms with van der Waals surface area (Å²) in [6.45, 7) is 3.53. The fourth-order valence-electron chi connectivity index (χ4n) is 1.05. The van der Waals surface area contributed by atoms with E-state index >= 15 is 0 Å². The maximum atomic E-state index is 11.6. The molecular weight excluding hydrogens is 272 g/mol. The Kier molecular flexibility index (Phi) is 4.47. The first kappa shape index (κ1) is 13.6. The van der Waals surface area contributed by atoms with E-state index in [4.69, 9.17) is 34.8 Å². The zero-order valence-electron chi connectivity index (χ0n) is 8.82. The molecule has 0 aliphatic rings. The van der Waals surface area contributed by atoms with Gasteiger partial charge in [0.05, 0.1) is 6.33 Å². The average molecular weight is 285 g/mol. The summed E-state index contributed by atoms with van der Waals surface area (Å²) >= 11 is 17.4. The number of halogens is 3. The van der Waals surface area contributed by atoms with Gasteiger partial charge in [-0.2, -0.15) is 0 Å². The summed E-state index contributed by atoms with van der Waals surface area (Å²) in [5, 5.41) is 2.65.